The van der Waals surface area contributed by atoms with Crippen LogP contribution in [0.3, 0.4) is 0 Å². The zero-order chi connectivity index (χ0) is 54.4. The number of rotatable bonds is 39. The zero-order valence-corrected chi connectivity index (χ0v) is 45.2. The summed E-state index contributed by atoms with van der Waals surface area (Å²) in [5.41, 5.74) is 1.83. The monoisotopic (exact) mass is 1030 g/mol. The van der Waals surface area contributed by atoms with Gasteiger partial charge >= 0.3 is 0 Å². The van der Waals surface area contributed by atoms with Gasteiger partial charge in [0.1, 0.15) is 17.8 Å². The van der Waals surface area contributed by atoms with Gasteiger partial charge in [0, 0.05) is 74.6 Å². The van der Waals surface area contributed by atoms with Crippen molar-refractivity contribution in [2.24, 2.45) is 17.8 Å². The Kier molecular flexibility index (Phi) is 28.8. The first kappa shape index (κ1) is 62.1. The molecule has 0 fully saturated rings. The van der Waals surface area contributed by atoms with Gasteiger partial charge in [-0.15, -0.1) is 0 Å². The van der Waals surface area contributed by atoms with Gasteiger partial charge in [-0.25, -0.2) is 9.97 Å². The van der Waals surface area contributed by atoms with E-state index in [0.29, 0.717) is 24.2 Å². The molecule has 1 aromatic carbocycles. The Labute approximate surface area is 438 Å². The summed E-state index contributed by atoms with van der Waals surface area (Å²) >= 11 is 0. The summed E-state index contributed by atoms with van der Waals surface area (Å²) in [5, 5.41) is 23.6. The number of hydrogen-bond donors (Lipinski definition) is 8. The average Bonchev–Trinajstić information content (AvgIpc) is 4.09. The Morgan fingerprint density at radius 3 is 1.51 bits per heavy atom. The van der Waals surface area contributed by atoms with Gasteiger partial charge in [-0.2, -0.15) is 0 Å². The third-order valence-electron chi connectivity index (χ3n) is 13.6. The van der Waals surface area contributed by atoms with Crippen LogP contribution in [-0.4, -0.2) is 102 Å². The predicted octanol–water partition coefficient (Wildman–Crippen LogP) is 7.01. The molecule has 0 aliphatic rings. The van der Waals surface area contributed by atoms with Crippen molar-refractivity contribution in [2.75, 3.05) is 0 Å². The highest BCUT2D eigenvalue weighted by molar-refractivity contribution is 5.97. The standard InChI is InChI=1S/C56H87N9O9/c1-8-10-11-12-13-14-15-16-17-18-19-20-21-22-23-46(62-40(7)66)55(73)65-49(31-43-34-58-36-60-43)56(74)61-39(6)51(69)32-45(37(3)4)54(72)64-48(30-42-33-57-35-59-42)52(70)28-38(5)53(71)63-47(50(68)9-2)29-41-24-26-44(67)27-25-41/h24-27,33-39,45-49,67H,8-23,28-32H2,1-7H3,(H,57,59)(H,58,60)(H,61,74)(H,62,66)(H,63,71)(H,64,72)(H,65,73)/t38-,39+,45+,46?,47+,48+,49+/m1/s1. The van der Waals surface area contributed by atoms with Gasteiger partial charge in [0.25, 0.3) is 0 Å². The number of benzene rings is 1. The number of aromatic nitrogens is 4. The third kappa shape index (κ3) is 23.8. The summed E-state index contributed by atoms with van der Waals surface area (Å²) in [6.45, 7) is 11.9. The summed E-state index contributed by atoms with van der Waals surface area (Å²) < 4.78 is 0. The van der Waals surface area contributed by atoms with E-state index < -0.39 is 77.2 Å². The predicted molar refractivity (Wildman–Crippen MR) is 284 cm³/mol. The molecule has 2 heterocycles. The molecule has 0 saturated heterocycles. The van der Waals surface area contributed by atoms with Crippen LogP contribution in [0.4, 0.5) is 0 Å². The van der Waals surface area contributed by atoms with Crippen LogP contribution in [0, 0.1) is 17.8 Å². The van der Waals surface area contributed by atoms with Gasteiger partial charge in [-0.1, -0.05) is 137 Å². The molecule has 8 N–H and O–H groups in total. The molecular formula is C56H87N9O9. The highest BCUT2D eigenvalue weighted by Crippen LogP contribution is 2.20. The lowest BCUT2D eigenvalue weighted by molar-refractivity contribution is -0.136. The van der Waals surface area contributed by atoms with Gasteiger partial charge in [0.15, 0.2) is 17.3 Å². The van der Waals surface area contributed by atoms with Crippen molar-refractivity contribution in [2.45, 2.75) is 214 Å². The highest BCUT2D eigenvalue weighted by atomic mass is 16.3. The number of carbonyl (C=O) groups is 8. The number of nitrogens with zero attached hydrogens (tertiary/aromatic N) is 2. The first-order valence-electron chi connectivity index (χ1n) is 27.2. The van der Waals surface area contributed by atoms with E-state index in [0.717, 1.165) is 24.8 Å². The number of H-pyrrole nitrogens is 2. The van der Waals surface area contributed by atoms with Crippen molar-refractivity contribution in [3.63, 3.8) is 0 Å². The number of phenolic OH excluding ortho intramolecular Hbond substituents is 1. The van der Waals surface area contributed by atoms with Gasteiger partial charge in [0.2, 0.25) is 29.5 Å². The number of imidazole rings is 2. The lowest BCUT2D eigenvalue weighted by atomic mass is 9.87. The Morgan fingerprint density at radius 2 is 1.01 bits per heavy atom. The maximum atomic E-state index is 14.1. The van der Waals surface area contributed by atoms with E-state index in [1.807, 2.05) is 0 Å². The second kappa shape index (κ2) is 34.3. The summed E-state index contributed by atoms with van der Waals surface area (Å²) in [7, 11) is 0. The normalized spacial score (nSPS) is 14.2. The average molecular weight is 1030 g/mol. The Balaban J connectivity index is 1.61. The van der Waals surface area contributed by atoms with Crippen molar-refractivity contribution in [1.29, 1.82) is 0 Å². The topological polar surface area (TPSA) is 274 Å². The lowest BCUT2D eigenvalue weighted by Crippen LogP contribution is -2.56. The second-order valence-electron chi connectivity index (χ2n) is 20.4. The molecule has 2 aromatic heterocycles. The smallest absolute Gasteiger partial charge is 0.243 e. The maximum Gasteiger partial charge on any atom is 0.243 e. The fraction of sp³-hybridized carbons (Fsp3) is 0.643. The maximum absolute atomic E-state index is 14.1. The zero-order valence-electron chi connectivity index (χ0n) is 45.2. The van der Waals surface area contributed by atoms with Crippen LogP contribution in [0.15, 0.2) is 49.3 Å². The summed E-state index contributed by atoms with van der Waals surface area (Å²) in [4.78, 5) is 122. The van der Waals surface area contributed by atoms with Gasteiger partial charge in [0.05, 0.1) is 30.8 Å². The molecule has 0 aliphatic heterocycles. The lowest BCUT2D eigenvalue weighted by Gasteiger charge is -2.26. The number of nitrogens with one attached hydrogen (secondary N) is 7. The number of phenols is 1. The van der Waals surface area contributed by atoms with Gasteiger partial charge in [-0.3, -0.25) is 38.4 Å². The van der Waals surface area contributed by atoms with E-state index in [-0.39, 0.29) is 61.9 Å². The molecule has 18 nitrogen and oxygen atoms in total. The van der Waals surface area contributed by atoms with Crippen molar-refractivity contribution in [1.82, 2.24) is 46.5 Å². The third-order valence-corrected chi connectivity index (χ3v) is 13.6. The SMILES string of the molecule is CCCCCCCCCCCCCCCCC(NC(C)=O)C(=O)N[C@@H](Cc1cnc[nH]1)C(=O)N[C@@H](C)C(=O)C[C@H](C(=O)N[C@@H](Cc1cnc[nH]1)C(=O)C[C@@H](C)C(=O)N[C@@H](Cc1ccc(O)cc1)C(=O)CC)C(C)C. The van der Waals surface area contributed by atoms with Gasteiger partial charge < -0.3 is 41.7 Å². The van der Waals surface area contributed by atoms with Crippen molar-refractivity contribution < 1.29 is 43.5 Å². The Morgan fingerprint density at radius 1 is 0.527 bits per heavy atom. The van der Waals surface area contributed by atoms with E-state index in [2.05, 4.69) is 53.4 Å². The molecule has 410 valence electrons. The number of amides is 5. The van der Waals surface area contributed by atoms with Crippen LogP contribution in [-0.2, 0) is 57.6 Å². The molecule has 18 heteroatoms. The number of hydrogen-bond acceptors (Lipinski definition) is 11. The number of carbonyl (C=O) groups excluding carboxylic acids is 8. The molecule has 0 aliphatic carbocycles. The number of ketones is 3. The minimum atomic E-state index is -1.15. The van der Waals surface area contributed by atoms with Crippen LogP contribution in [0.25, 0.3) is 0 Å². The van der Waals surface area contributed by atoms with E-state index in [9.17, 15) is 43.5 Å². The summed E-state index contributed by atoms with van der Waals surface area (Å²) in [5.74, 6) is -5.86. The molecular weight excluding hydrogens is 943 g/mol. The summed E-state index contributed by atoms with van der Waals surface area (Å²) in [6, 6.07) is 1.25. The van der Waals surface area contributed by atoms with Crippen molar-refractivity contribution >= 4 is 46.9 Å². The van der Waals surface area contributed by atoms with Crippen LogP contribution in [0.2, 0.25) is 0 Å². The van der Waals surface area contributed by atoms with Crippen molar-refractivity contribution in [3.8, 4) is 5.75 Å². The largest absolute Gasteiger partial charge is 0.508 e. The minimum absolute atomic E-state index is 0.0183. The molecule has 0 radical (unpaired) electrons. The van der Waals surface area contributed by atoms with Crippen LogP contribution in [0.1, 0.15) is 181 Å². The molecule has 74 heavy (non-hydrogen) atoms. The van der Waals surface area contributed by atoms with E-state index in [1.54, 1.807) is 39.8 Å². The molecule has 5 amide bonds. The van der Waals surface area contributed by atoms with Crippen molar-refractivity contribution in [3.05, 3.63) is 66.3 Å². The number of unbranched alkanes of at least 4 members (excludes halogenated alkanes) is 13. The molecule has 1 unspecified atom stereocenters. The highest BCUT2D eigenvalue weighted by Gasteiger charge is 2.34. The minimum Gasteiger partial charge on any atom is -0.508 e. The molecule has 0 spiro atoms. The van der Waals surface area contributed by atoms with E-state index in [4.69, 9.17) is 0 Å². The fourth-order valence-corrected chi connectivity index (χ4v) is 8.92. The van der Waals surface area contributed by atoms with E-state index >= 15 is 0 Å². The molecule has 3 rings (SSSR count). The second-order valence-corrected chi connectivity index (χ2v) is 20.4. The number of aromatic amines is 2. The molecule has 3 aromatic rings. The summed E-state index contributed by atoms with van der Waals surface area (Å²) in [6.07, 6.45) is 22.8. The van der Waals surface area contributed by atoms with Crippen LogP contribution >= 0.6 is 0 Å². The Bertz CT molecular complexity index is 2160. The first-order chi connectivity index (χ1) is 35.4. The molecule has 0 bridgehead atoms. The van der Waals surface area contributed by atoms with E-state index in [1.165, 1.54) is 115 Å². The first-order valence-corrected chi connectivity index (χ1v) is 27.2. The van der Waals surface area contributed by atoms with Gasteiger partial charge in [-0.05, 0) is 43.4 Å². The Hall–Kier alpha value is -6.20. The quantitative estimate of drug-likeness (QED) is 0.0269. The number of Topliss-reactive ketones (excluding diaryl/α,β-unsaturated/α-hetero) is 3. The number of aromatic hydroxyl groups is 1. The van der Waals surface area contributed by atoms with Crippen LogP contribution < -0.4 is 26.6 Å². The molecule has 0 saturated carbocycles. The van der Waals surface area contributed by atoms with Crippen LogP contribution in [0.5, 0.6) is 5.75 Å². The molecule has 7 atom stereocenters. The fourth-order valence-electron chi connectivity index (χ4n) is 8.92.